The number of hydrogen-bond acceptors (Lipinski definition) is 3. The second kappa shape index (κ2) is 6.59. The number of nitrogens with zero attached hydrogens (tertiary/aromatic N) is 1. The number of hydrogen-bond donors (Lipinski definition) is 2. The summed E-state index contributed by atoms with van der Waals surface area (Å²) in [6, 6.07) is 6.60. The van der Waals surface area contributed by atoms with Gasteiger partial charge in [-0.2, -0.15) is 0 Å². The summed E-state index contributed by atoms with van der Waals surface area (Å²) in [7, 11) is 0. The molecule has 1 aliphatic rings. The Balaban J connectivity index is 2.29. The van der Waals surface area contributed by atoms with Crippen molar-refractivity contribution in [2.45, 2.75) is 38.8 Å². The van der Waals surface area contributed by atoms with Crippen LogP contribution in [0.5, 0.6) is 0 Å². The van der Waals surface area contributed by atoms with Crippen molar-refractivity contribution in [2.75, 3.05) is 18.0 Å². The van der Waals surface area contributed by atoms with Crippen molar-refractivity contribution in [1.29, 1.82) is 0 Å². The van der Waals surface area contributed by atoms with E-state index in [2.05, 4.69) is 40.0 Å². The highest BCUT2D eigenvalue weighted by Crippen LogP contribution is 2.31. The normalized spacial score (nSPS) is 22.9. The molecule has 1 amide bonds. The molecule has 0 aliphatic carbocycles. The number of benzene rings is 1. The Morgan fingerprint density at radius 2 is 2.20 bits per heavy atom. The molecule has 0 aromatic heterocycles. The van der Waals surface area contributed by atoms with Gasteiger partial charge in [-0.1, -0.05) is 13.8 Å². The largest absolute Gasteiger partial charge is 0.366 e. The Morgan fingerprint density at radius 3 is 2.75 bits per heavy atom. The van der Waals surface area contributed by atoms with E-state index in [4.69, 9.17) is 5.73 Å². The lowest BCUT2D eigenvalue weighted by atomic mass is 10.0. The monoisotopic (exact) mass is 339 g/mol. The van der Waals surface area contributed by atoms with Gasteiger partial charge in [-0.05, 0) is 47.0 Å². The van der Waals surface area contributed by atoms with Crippen LogP contribution in [0.15, 0.2) is 22.7 Å². The summed E-state index contributed by atoms with van der Waals surface area (Å²) in [5, 5.41) is 3.59. The number of piperazine rings is 1. The molecule has 3 N–H and O–H groups in total. The van der Waals surface area contributed by atoms with Crippen LogP contribution in [0.4, 0.5) is 5.69 Å². The zero-order valence-electron chi connectivity index (χ0n) is 12.0. The minimum absolute atomic E-state index is 0.393. The Hall–Kier alpha value is -1.07. The van der Waals surface area contributed by atoms with Crippen molar-refractivity contribution in [2.24, 2.45) is 5.73 Å². The third-order valence-corrected chi connectivity index (χ3v) is 4.64. The van der Waals surface area contributed by atoms with Crippen molar-refractivity contribution < 1.29 is 4.79 Å². The summed E-state index contributed by atoms with van der Waals surface area (Å²) in [5.41, 5.74) is 7.00. The lowest BCUT2D eigenvalue weighted by molar-refractivity contribution is 0.100. The van der Waals surface area contributed by atoms with Crippen LogP contribution in [0.25, 0.3) is 0 Å². The van der Waals surface area contributed by atoms with Gasteiger partial charge < -0.3 is 16.0 Å². The van der Waals surface area contributed by atoms with Gasteiger partial charge in [0.15, 0.2) is 0 Å². The topological polar surface area (TPSA) is 58.4 Å². The Bertz CT molecular complexity index is 492. The zero-order chi connectivity index (χ0) is 14.7. The van der Waals surface area contributed by atoms with E-state index >= 15 is 0 Å². The van der Waals surface area contributed by atoms with Gasteiger partial charge in [-0.3, -0.25) is 4.79 Å². The number of anilines is 1. The number of halogens is 1. The number of amides is 1. The SMILES string of the molecule is CCC1CN(c2ccc(C(N)=O)cc2Br)C(CC)CN1. The average Bonchev–Trinajstić information content (AvgIpc) is 2.46. The molecule has 20 heavy (non-hydrogen) atoms. The Kier molecular flexibility index (Phi) is 5.05. The standard InChI is InChI=1S/C15H22BrN3O/c1-3-11-9-19(12(4-2)8-18-11)14-6-5-10(15(17)20)7-13(14)16/h5-7,11-12,18H,3-4,8-9H2,1-2H3,(H2,17,20). The van der Waals surface area contributed by atoms with Gasteiger partial charge in [0, 0.05) is 35.2 Å². The van der Waals surface area contributed by atoms with Crippen molar-refractivity contribution >= 4 is 27.5 Å². The van der Waals surface area contributed by atoms with Crippen molar-refractivity contribution in [3.63, 3.8) is 0 Å². The molecule has 1 fully saturated rings. The molecule has 1 aromatic carbocycles. The van der Waals surface area contributed by atoms with Crippen molar-refractivity contribution in [1.82, 2.24) is 5.32 Å². The highest BCUT2D eigenvalue weighted by Gasteiger charge is 2.27. The molecule has 0 spiro atoms. The predicted octanol–water partition coefficient (Wildman–Crippen LogP) is 2.51. The first-order valence-electron chi connectivity index (χ1n) is 7.16. The van der Waals surface area contributed by atoms with Gasteiger partial charge in [0.05, 0.1) is 5.69 Å². The molecule has 2 unspecified atom stereocenters. The fraction of sp³-hybridized carbons (Fsp3) is 0.533. The van der Waals surface area contributed by atoms with Crippen molar-refractivity contribution in [3.05, 3.63) is 28.2 Å². The first-order valence-corrected chi connectivity index (χ1v) is 7.95. The van der Waals surface area contributed by atoms with Gasteiger partial charge in [0.1, 0.15) is 0 Å². The van der Waals surface area contributed by atoms with E-state index in [1.165, 1.54) is 0 Å². The molecule has 2 atom stereocenters. The fourth-order valence-corrected chi connectivity index (χ4v) is 3.30. The number of nitrogens with one attached hydrogen (secondary N) is 1. The molecule has 1 saturated heterocycles. The second-order valence-electron chi connectivity index (χ2n) is 5.26. The highest BCUT2D eigenvalue weighted by atomic mass is 79.9. The van der Waals surface area contributed by atoms with E-state index < -0.39 is 5.91 Å². The molecular formula is C15H22BrN3O. The summed E-state index contributed by atoms with van der Waals surface area (Å²) in [5.74, 6) is -0.393. The lowest BCUT2D eigenvalue weighted by Gasteiger charge is -2.42. The minimum Gasteiger partial charge on any atom is -0.366 e. The van der Waals surface area contributed by atoms with Crippen LogP contribution in [0.1, 0.15) is 37.0 Å². The van der Waals surface area contributed by atoms with Gasteiger partial charge in [0.25, 0.3) is 0 Å². The summed E-state index contributed by atoms with van der Waals surface area (Å²) >= 11 is 3.58. The lowest BCUT2D eigenvalue weighted by Crippen LogP contribution is -2.56. The minimum atomic E-state index is -0.393. The summed E-state index contributed by atoms with van der Waals surface area (Å²) in [6.45, 7) is 6.40. The number of carbonyl (C=O) groups is 1. The predicted molar refractivity (Wildman–Crippen MR) is 86.2 cm³/mol. The molecule has 2 rings (SSSR count). The molecule has 4 nitrogen and oxygen atoms in total. The first kappa shape index (κ1) is 15.3. The maximum absolute atomic E-state index is 11.2. The van der Waals surface area contributed by atoms with Gasteiger partial charge in [0.2, 0.25) is 5.91 Å². The third-order valence-electron chi connectivity index (χ3n) is 4.01. The van der Waals surface area contributed by atoms with Gasteiger partial charge in [-0.25, -0.2) is 0 Å². The highest BCUT2D eigenvalue weighted by molar-refractivity contribution is 9.10. The molecular weight excluding hydrogens is 318 g/mol. The van der Waals surface area contributed by atoms with E-state index in [-0.39, 0.29) is 0 Å². The maximum atomic E-state index is 11.2. The van der Waals surface area contributed by atoms with Gasteiger partial charge in [-0.15, -0.1) is 0 Å². The van der Waals surface area contributed by atoms with Crippen LogP contribution in [-0.2, 0) is 0 Å². The van der Waals surface area contributed by atoms with E-state index in [1.54, 1.807) is 6.07 Å². The summed E-state index contributed by atoms with van der Waals surface area (Å²) in [6.07, 6.45) is 2.21. The van der Waals surface area contributed by atoms with Crippen LogP contribution in [0, 0.1) is 0 Å². The number of primary amides is 1. The molecule has 0 bridgehead atoms. The summed E-state index contributed by atoms with van der Waals surface area (Å²) in [4.78, 5) is 13.7. The van der Waals surface area contributed by atoms with Crippen LogP contribution in [-0.4, -0.2) is 31.1 Å². The molecule has 110 valence electrons. The number of rotatable bonds is 4. The van der Waals surface area contributed by atoms with E-state index in [9.17, 15) is 4.79 Å². The third kappa shape index (κ3) is 3.15. The van der Waals surface area contributed by atoms with E-state index in [1.807, 2.05) is 12.1 Å². The first-order chi connectivity index (χ1) is 9.56. The quantitative estimate of drug-likeness (QED) is 0.886. The fourth-order valence-electron chi connectivity index (χ4n) is 2.69. The molecule has 0 saturated carbocycles. The number of nitrogens with two attached hydrogens (primary N) is 1. The van der Waals surface area contributed by atoms with Gasteiger partial charge >= 0.3 is 0 Å². The Morgan fingerprint density at radius 1 is 1.45 bits per heavy atom. The number of carbonyl (C=O) groups excluding carboxylic acids is 1. The van der Waals surface area contributed by atoms with E-state index in [0.29, 0.717) is 17.6 Å². The van der Waals surface area contributed by atoms with Crippen LogP contribution in [0.3, 0.4) is 0 Å². The molecule has 5 heteroatoms. The molecule has 1 aliphatic heterocycles. The van der Waals surface area contributed by atoms with Crippen LogP contribution >= 0.6 is 15.9 Å². The molecule has 0 radical (unpaired) electrons. The molecule has 1 aromatic rings. The average molecular weight is 340 g/mol. The van der Waals surface area contributed by atoms with Crippen molar-refractivity contribution in [3.8, 4) is 0 Å². The molecule has 1 heterocycles. The zero-order valence-corrected chi connectivity index (χ0v) is 13.6. The van der Waals surface area contributed by atoms with Crippen LogP contribution < -0.4 is 16.0 Å². The van der Waals surface area contributed by atoms with Crippen LogP contribution in [0.2, 0.25) is 0 Å². The maximum Gasteiger partial charge on any atom is 0.248 e. The smallest absolute Gasteiger partial charge is 0.248 e. The summed E-state index contributed by atoms with van der Waals surface area (Å²) < 4.78 is 0.934. The Labute approximate surface area is 128 Å². The second-order valence-corrected chi connectivity index (χ2v) is 6.11. The van der Waals surface area contributed by atoms with E-state index in [0.717, 1.165) is 36.1 Å².